The number of carbonyl (C=O) groups is 3. The molecular weight excluding hydrogens is 352 g/mol. The van der Waals surface area contributed by atoms with Crippen molar-refractivity contribution in [2.75, 3.05) is 19.6 Å². The average molecular weight is 376 g/mol. The Morgan fingerprint density at radius 1 is 0.857 bits per heavy atom. The Morgan fingerprint density at radius 2 is 1.36 bits per heavy atom. The summed E-state index contributed by atoms with van der Waals surface area (Å²) < 4.78 is 0. The summed E-state index contributed by atoms with van der Waals surface area (Å²) in [5.74, 6) is 0.177. The zero-order valence-corrected chi connectivity index (χ0v) is 15.8. The summed E-state index contributed by atoms with van der Waals surface area (Å²) >= 11 is 0. The van der Waals surface area contributed by atoms with Crippen molar-refractivity contribution >= 4 is 17.7 Å². The van der Waals surface area contributed by atoms with Crippen LogP contribution in [0, 0.1) is 5.92 Å². The molecule has 0 radical (unpaired) electrons. The fourth-order valence-corrected chi connectivity index (χ4v) is 4.08. The fraction of sp³-hybridized carbons (Fsp3) is 0.348. The molecule has 2 aliphatic rings. The SMILES string of the molecule is O=C(CC(c1ccccc1)c1ccccc1)N1CC(CN2C(=O)CCC2=O)C1. The second-order valence-corrected chi connectivity index (χ2v) is 7.64. The Hall–Kier alpha value is -2.95. The van der Waals surface area contributed by atoms with Crippen molar-refractivity contribution in [3.05, 3.63) is 71.8 Å². The molecule has 5 nitrogen and oxygen atoms in total. The molecule has 2 heterocycles. The highest BCUT2D eigenvalue weighted by atomic mass is 16.2. The van der Waals surface area contributed by atoms with E-state index in [2.05, 4.69) is 24.3 Å². The molecule has 2 aromatic carbocycles. The quantitative estimate of drug-likeness (QED) is 0.729. The fourth-order valence-electron chi connectivity index (χ4n) is 4.08. The molecule has 28 heavy (non-hydrogen) atoms. The van der Waals surface area contributed by atoms with E-state index in [1.165, 1.54) is 4.90 Å². The zero-order valence-electron chi connectivity index (χ0n) is 15.8. The summed E-state index contributed by atoms with van der Waals surface area (Å²) in [5.41, 5.74) is 2.26. The molecule has 0 aromatic heterocycles. The lowest BCUT2D eigenvalue weighted by molar-refractivity contribution is -0.142. The largest absolute Gasteiger partial charge is 0.342 e. The van der Waals surface area contributed by atoms with Gasteiger partial charge in [0.1, 0.15) is 0 Å². The van der Waals surface area contributed by atoms with Crippen LogP contribution in [0.25, 0.3) is 0 Å². The molecule has 0 atom stereocenters. The molecule has 2 fully saturated rings. The molecule has 0 unspecified atom stereocenters. The van der Waals surface area contributed by atoms with Gasteiger partial charge in [-0.25, -0.2) is 0 Å². The molecule has 5 heteroatoms. The normalized spacial score (nSPS) is 17.3. The second-order valence-electron chi connectivity index (χ2n) is 7.64. The van der Waals surface area contributed by atoms with Gasteiger partial charge in [0.2, 0.25) is 17.7 Å². The number of carbonyl (C=O) groups excluding carboxylic acids is 3. The van der Waals surface area contributed by atoms with Crippen LogP contribution in [0.4, 0.5) is 0 Å². The van der Waals surface area contributed by atoms with Crippen LogP contribution in [-0.2, 0) is 14.4 Å². The lowest BCUT2D eigenvalue weighted by Gasteiger charge is -2.41. The number of benzene rings is 2. The number of imide groups is 1. The Labute approximate surface area is 164 Å². The van der Waals surface area contributed by atoms with Crippen molar-refractivity contribution in [1.29, 1.82) is 0 Å². The minimum absolute atomic E-state index is 0.0238. The van der Waals surface area contributed by atoms with E-state index in [9.17, 15) is 14.4 Å². The maximum absolute atomic E-state index is 12.9. The summed E-state index contributed by atoms with van der Waals surface area (Å²) in [4.78, 5) is 39.6. The predicted octanol–water partition coefficient (Wildman–Crippen LogP) is 2.82. The number of hydrogen-bond acceptors (Lipinski definition) is 3. The van der Waals surface area contributed by atoms with Gasteiger partial charge in [-0.1, -0.05) is 60.7 Å². The molecule has 0 N–H and O–H groups in total. The van der Waals surface area contributed by atoms with Crippen molar-refractivity contribution in [3.63, 3.8) is 0 Å². The molecule has 0 saturated carbocycles. The first kappa shape index (κ1) is 18.4. The molecule has 0 bridgehead atoms. The first-order chi connectivity index (χ1) is 13.6. The average Bonchev–Trinajstić information content (AvgIpc) is 3.01. The third-order valence-corrected chi connectivity index (χ3v) is 5.69. The Bertz CT molecular complexity index is 804. The van der Waals surface area contributed by atoms with Crippen molar-refractivity contribution in [1.82, 2.24) is 9.80 Å². The first-order valence-electron chi connectivity index (χ1n) is 9.82. The lowest BCUT2D eigenvalue weighted by Crippen LogP contribution is -2.54. The molecule has 144 valence electrons. The van der Waals surface area contributed by atoms with Gasteiger partial charge >= 0.3 is 0 Å². The van der Waals surface area contributed by atoms with Gasteiger partial charge in [0.25, 0.3) is 0 Å². The van der Waals surface area contributed by atoms with Crippen LogP contribution in [0.2, 0.25) is 0 Å². The summed E-state index contributed by atoms with van der Waals surface area (Å²) in [7, 11) is 0. The van der Waals surface area contributed by atoms with Gasteiger partial charge in [0.15, 0.2) is 0 Å². The molecule has 4 rings (SSSR count). The maximum atomic E-state index is 12.9. The smallest absolute Gasteiger partial charge is 0.229 e. The summed E-state index contributed by atoms with van der Waals surface area (Å²) in [6.07, 6.45) is 1.07. The molecule has 0 spiro atoms. The van der Waals surface area contributed by atoms with Crippen LogP contribution >= 0.6 is 0 Å². The Morgan fingerprint density at radius 3 is 1.86 bits per heavy atom. The first-order valence-corrected chi connectivity index (χ1v) is 9.82. The summed E-state index contributed by atoms with van der Waals surface area (Å²) in [6.45, 7) is 1.68. The van der Waals surface area contributed by atoms with E-state index >= 15 is 0 Å². The topological polar surface area (TPSA) is 57.7 Å². The lowest BCUT2D eigenvalue weighted by atomic mass is 9.87. The maximum Gasteiger partial charge on any atom is 0.229 e. The van der Waals surface area contributed by atoms with Gasteiger partial charge < -0.3 is 4.90 Å². The number of nitrogens with zero attached hydrogens (tertiary/aromatic N) is 2. The number of hydrogen-bond donors (Lipinski definition) is 0. The third kappa shape index (κ3) is 3.84. The van der Waals surface area contributed by atoms with E-state index in [-0.39, 0.29) is 29.6 Å². The van der Waals surface area contributed by atoms with Crippen LogP contribution < -0.4 is 0 Å². The van der Waals surface area contributed by atoms with Gasteiger partial charge in [-0.3, -0.25) is 19.3 Å². The van der Waals surface area contributed by atoms with Gasteiger partial charge in [0.05, 0.1) is 0 Å². The monoisotopic (exact) mass is 376 g/mol. The van der Waals surface area contributed by atoms with Crippen LogP contribution in [0.15, 0.2) is 60.7 Å². The van der Waals surface area contributed by atoms with Crippen molar-refractivity contribution in [3.8, 4) is 0 Å². The van der Waals surface area contributed by atoms with E-state index in [0.29, 0.717) is 38.9 Å². The third-order valence-electron chi connectivity index (χ3n) is 5.69. The Balaban J connectivity index is 1.38. The molecular formula is C23H24N2O3. The van der Waals surface area contributed by atoms with Crippen molar-refractivity contribution < 1.29 is 14.4 Å². The van der Waals surface area contributed by atoms with Gasteiger partial charge in [-0.2, -0.15) is 0 Å². The number of likely N-dealkylation sites (tertiary alicyclic amines) is 2. The van der Waals surface area contributed by atoms with E-state index in [1.54, 1.807) is 0 Å². The highest BCUT2D eigenvalue weighted by Gasteiger charge is 2.37. The molecule has 0 aliphatic carbocycles. The predicted molar refractivity (Wildman–Crippen MR) is 105 cm³/mol. The molecule has 2 aromatic rings. The van der Waals surface area contributed by atoms with E-state index in [0.717, 1.165) is 11.1 Å². The van der Waals surface area contributed by atoms with Gasteiger partial charge in [-0.05, 0) is 11.1 Å². The van der Waals surface area contributed by atoms with Crippen LogP contribution in [0.5, 0.6) is 0 Å². The molecule has 2 aliphatic heterocycles. The van der Waals surface area contributed by atoms with Gasteiger partial charge in [-0.15, -0.1) is 0 Å². The number of rotatable bonds is 6. The van der Waals surface area contributed by atoms with E-state index in [1.807, 2.05) is 41.3 Å². The van der Waals surface area contributed by atoms with Crippen molar-refractivity contribution in [2.45, 2.75) is 25.2 Å². The van der Waals surface area contributed by atoms with Crippen molar-refractivity contribution in [2.24, 2.45) is 5.92 Å². The van der Waals surface area contributed by atoms with Crippen LogP contribution in [-0.4, -0.2) is 47.2 Å². The van der Waals surface area contributed by atoms with Gasteiger partial charge in [0, 0.05) is 50.7 Å². The number of amides is 3. The highest BCUT2D eigenvalue weighted by molar-refractivity contribution is 6.01. The molecule has 2 saturated heterocycles. The zero-order chi connectivity index (χ0) is 19.5. The molecule has 3 amide bonds. The Kier molecular flexibility index (Phi) is 5.24. The standard InChI is InChI=1S/C23H24N2O3/c26-21-11-12-22(27)25(21)16-17-14-24(15-17)23(28)13-20(18-7-3-1-4-8-18)19-9-5-2-6-10-19/h1-10,17,20H,11-16H2. The van der Waals surface area contributed by atoms with Crippen LogP contribution in [0.3, 0.4) is 0 Å². The highest BCUT2D eigenvalue weighted by Crippen LogP contribution is 2.30. The minimum atomic E-state index is -0.0806. The minimum Gasteiger partial charge on any atom is -0.342 e. The van der Waals surface area contributed by atoms with Crippen LogP contribution in [0.1, 0.15) is 36.3 Å². The van der Waals surface area contributed by atoms with E-state index in [4.69, 9.17) is 0 Å². The van der Waals surface area contributed by atoms with E-state index < -0.39 is 0 Å². The summed E-state index contributed by atoms with van der Waals surface area (Å²) in [6, 6.07) is 20.2. The summed E-state index contributed by atoms with van der Waals surface area (Å²) in [5, 5.41) is 0. The second kappa shape index (κ2) is 7.97.